The molecule has 3 heteroatoms. The topological polar surface area (TPSA) is 26.3 Å². The zero-order valence-corrected chi connectivity index (χ0v) is 10.6. The van der Waals surface area contributed by atoms with E-state index in [4.69, 9.17) is 4.74 Å². The van der Waals surface area contributed by atoms with Gasteiger partial charge >= 0.3 is 5.97 Å². The van der Waals surface area contributed by atoms with Crippen LogP contribution in [0.15, 0.2) is 16.6 Å². The minimum Gasteiger partial charge on any atom is -0.426 e. The largest absolute Gasteiger partial charge is 0.426 e. The van der Waals surface area contributed by atoms with Gasteiger partial charge in [0, 0.05) is 15.5 Å². The van der Waals surface area contributed by atoms with Gasteiger partial charge in [-0.2, -0.15) is 0 Å². The van der Waals surface area contributed by atoms with Crippen LogP contribution in [-0.2, 0) is 10.2 Å². The van der Waals surface area contributed by atoms with E-state index < -0.39 is 0 Å². The molecule has 1 aromatic carbocycles. The van der Waals surface area contributed by atoms with Crippen molar-refractivity contribution in [1.82, 2.24) is 0 Å². The van der Waals surface area contributed by atoms with Gasteiger partial charge in [-0.1, -0.05) is 29.8 Å². The predicted octanol–water partition coefficient (Wildman–Crippen LogP) is 3.34. The highest BCUT2D eigenvalue weighted by Gasteiger charge is 2.35. The molecule has 0 aliphatic carbocycles. The zero-order valence-electron chi connectivity index (χ0n) is 9.06. The molecule has 1 aliphatic heterocycles. The van der Waals surface area contributed by atoms with Crippen molar-refractivity contribution < 1.29 is 9.53 Å². The lowest BCUT2D eigenvalue weighted by molar-refractivity contribution is -0.136. The third kappa shape index (κ3) is 1.81. The number of aryl methyl sites for hydroxylation is 1. The normalized spacial score (nSPS) is 18.3. The van der Waals surface area contributed by atoms with Crippen molar-refractivity contribution in [3.63, 3.8) is 0 Å². The highest BCUT2D eigenvalue weighted by Crippen LogP contribution is 2.43. The second-order valence-electron chi connectivity index (χ2n) is 4.65. The third-order valence-electron chi connectivity index (χ3n) is 2.69. The molecule has 0 saturated carbocycles. The molecule has 1 aromatic rings. The number of carbonyl (C=O) groups excluding carboxylic acids is 1. The van der Waals surface area contributed by atoms with E-state index in [-0.39, 0.29) is 11.4 Å². The Kier molecular flexibility index (Phi) is 2.38. The number of carbonyl (C=O) groups is 1. The van der Waals surface area contributed by atoms with Crippen molar-refractivity contribution in [2.45, 2.75) is 32.6 Å². The van der Waals surface area contributed by atoms with Gasteiger partial charge in [0.25, 0.3) is 0 Å². The first-order valence-corrected chi connectivity index (χ1v) is 5.71. The van der Waals surface area contributed by atoms with Gasteiger partial charge in [-0.25, -0.2) is 0 Å². The lowest BCUT2D eigenvalue weighted by atomic mass is 9.79. The van der Waals surface area contributed by atoms with Gasteiger partial charge in [0.05, 0.1) is 6.42 Å². The van der Waals surface area contributed by atoms with Crippen LogP contribution in [0, 0.1) is 6.92 Å². The van der Waals surface area contributed by atoms with Gasteiger partial charge in [-0.3, -0.25) is 4.79 Å². The van der Waals surface area contributed by atoms with E-state index in [9.17, 15) is 4.79 Å². The molecule has 0 radical (unpaired) electrons. The number of ether oxygens (including phenoxy) is 1. The maximum Gasteiger partial charge on any atom is 0.312 e. The molecule has 0 amide bonds. The highest BCUT2D eigenvalue weighted by atomic mass is 79.9. The zero-order chi connectivity index (χ0) is 11.2. The SMILES string of the molecule is Cc1cc(Br)c2c(c1)OC(=O)CC2(C)C. The molecule has 0 atom stereocenters. The summed E-state index contributed by atoms with van der Waals surface area (Å²) in [6.45, 7) is 6.11. The van der Waals surface area contributed by atoms with Crippen LogP contribution in [-0.4, -0.2) is 5.97 Å². The summed E-state index contributed by atoms with van der Waals surface area (Å²) in [6.07, 6.45) is 0.432. The average Bonchev–Trinajstić information content (AvgIpc) is 1.97. The molecule has 80 valence electrons. The first kappa shape index (κ1) is 10.7. The molecule has 15 heavy (non-hydrogen) atoms. The Morgan fingerprint density at radius 3 is 2.73 bits per heavy atom. The Morgan fingerprint density at radius 1 is 1.40 bits per heavy atom. The van der Waals surface area contributed by atoms with Crippen molar-refractivity contribution in [2.24, 2.45) is 0 Å². The molecule has 1 aliphatic rings. The predicted molar refractivity (Wildman–Crippen MR) is 62.2 cm³/mol. The van der Waals surface area contributed by atoms with E-state index >= 15 is 0 Å². The van der Waals surface area contributed by atoms with Gasteiger partial charge < -0.3 is 4.74 Å². The number of rotatable bonds is 0. The van der Waals surface area contributed by atoms with Crippen molar-refractivity contribution in [1.29, 1.82) is 0 Å². The first-order chi connectivity index (χ1) is 6.90. The highest BCUT2D eigenvalue weighted by molar-refractivity contribution is 9.10. The van der Waals surface area contributed by atoms with Crippen LogP contribution in [0.3, 0.4) is 0 Å². The summed E-state index contributed by atoms with van der Waals surface area (Å²) in [6, 6.07) is 3.97. The summed E-state index contributed by atoms with van der Waals surface area (Å²) in [4.78, 5) is 11.4. The number of hydrogen-bond donors (Lipinski definition) is 0. The van der Waals surface area contributed by atoms with Crippen LogP contribution in [0.2, 0.25) is 0 Å². The van der Waals surface area contributed by atoms with Gasteiger partial charge in [-0.15, -0.1) is 0 Å². The molecule has 0 unspecified atom stereocenters. The van der Waals surface area contributed by atoms with Crippen LogP contribution < -0.4 is 4.74 Å². The van der Waals surface area contributed by atoms with Crippen molar-refractivity contribution >= 4 is 21.9 Å². The fourth-order valence-corrected chi connectivity index (χ4v) is 3.15. The van der Waals surface area contributed by atoms with Crippen LogP contribution in [0.4, 0.5) is 0 Å². The monoisotopic (exact) mass is 268 g/mol. The summed E-state index contributed by atoms with van der Waals surface area (Å²) < 4.78 is 6.28. The minimum absolute atomic E-state index is 0.148. The lowest BCUT2D eigenvalue weighted by Crippen LogP contribution is -2.31. The molecule has 0 aromatic heterocycles. The fraction of sp³-hybridized carbons (Fsp3) is 0.417. The van der Waals surface area contributed by atoms with Gasteiger partial charge in [0.2, 0.25) is 0 Å². The van der Waals surface area contributed by atoms with Crippen LogP contribution in [0.25, 0.3) is 0 Å². The number of fused-ring (bicyclic) bond motifs is 1. The van der Waals surface area contributed by atoms with Crippen LogP contribution in [0.1, 0.15) is 31.4 Å². The van der Waals surface area contributed by atoms with E-state index in [1.807, 2.05) is 13.0 Å². The smallest absolute Gasteiger partial charge is 0.312 e. The van der Waals surface area contributed by atoms with Crippen LogP contribution in [0.5, 0.6) is 5.75 Å². The standard InChI is InChI=1S/C12H13BrO2/c1-7-4-8(13)11-9(5-7)15-10(14)6-12(11,2)3/h4-5H,6H2,1-3H3. The molecule has 1 heterocycles. The van der Waals surface area contributed by atoms with E-state index in [0.29, 0.717) is 12.2 Å². The maximum atomic E-state index is 11.4. The number of benzene rings is 1. The van der Waals surface area contributed by atoms with E-state index in [2.05, 4.69) is 35.8 Å². The Balaban J connectivity index is 2.67. The van der Waals surface area contributed by atoms with Gasteiger partial charge in [-0.05, 0) is 24.6 Å². The van der Waals surface area contributed by atoms with E-state index in [1.54, 1.807) is 0 Å². The number of esters is 1. The Hall–Kier alpha value is -0.830. The summed E-state index contributed by atoms with van der Waals surface area (Å²) >= 11 is 3.54. The molecule has 2 nitrogen and oxygen atoms in total. The van der Waals surface area contributed by atoms with Crippen molar-refractivity contribution in [2.75, 3.05) is 0 Å². The summed E-state index contributed by atoms with van der Waals surface area (Å²) in [5.41, 5.74) is 2.02. The lowest BCUT2D eigenvalue weighted by Gasteiger charge is -2.32. The molecule has 0 spiro atoms. The average molecular weight is 269 g/mol. The molecule has 0 fully saturated rings. The Morgan fingerprint density at radius 2 is 2.07 bits per heavy atom. The second-order valence-corrected chi connectivity index (χ2v) is 5.51. The van der Waals surface area contributed by atoms with E-state index in [0.717, 1.165) is 15.6 Å². The third-order valence-corrected chi connectivity index (χ3v) is 3.31. The van der Waals surface area contributed by atoms with Crippen LogP contribution >= 0.6 is 15.9 Å². The van der Waals surface area contributed by atoms with Gasteiger partial charge in [0.15, 0.2) is 0 Å². The molecule has 2 rings (SSSR count). The minimum atomic E-state index is -0.156. The quantitative estimate of drug-likeness (QED) is 0.533. The number of hydrogen-bond acceptors (Lipinski definition) is 2. The van der Waals surface area contributed by atoms with E-state index in [1.165, 1.54) is 0 Å². The maximum absolute atomic E-state index is 11.4. The Bertz CT molecular complexity index is 435. The molecule has 0 bridgehead atoms. The second kappa shape index (κ2) is 3.34. The summed E-state index contributed by atoms with van der Waals surface area (Å²) in [5, 5.41) is 0. The Labute approximate surface area is 97.8 Å². The first-order valence-electron chi connectivity index (χ1n) is 4.91. The van der Waals surface area contributed by atoms with Gasteiger partial charge in [0.1, 0.15) is 5.75 Å². The van der Waals surface area contributed by atoms with Crippen molar-refractivity contribution in [3.05, 3.63) is 27.7 Å². The molecular formula is C12H13BrO2. The molecule has 0 saturated heterocycles. The molecule has 0 N–H and O–H groups in total. The summed E-state index contributed by atoms with van der Waals surface area (Å²) in [5.74, 6) is 0.549. The van der Waals surface area contributed by atoms with Crippen molar-refractivity contribution in [3.8, 4) is 5.75 Å². The fourth-order valence-electron chi connectivity index (χ4n) is 2.06. The molecular weight excluding hydrogens is 256 g/mol. The number of halogens is 1. The summed E-state index contributed by atoms with van der Waals surface area (Å²) in [7, 11) is 0.